The first-order valence-electron chi connectivity index (χ1n) is 10.3. The van der Waals surface area contributed by atoms with Gasteiger partial charge in [0.25, 0.3) is 0 Å². The molecule has 9 heteroatoms. The molecular weight excluding hydrogens is 527 g/mol. The molecule has 7 nitrogen and oxygen atoms in total. The van der Waals surface area contributed by atoms with Crippen molar-refractivity contribution in [2.45, 2.75) is 39.3 Å². The number of benzene rings is 1. The summed E-state index contributed by atoms with van der Waals surface area (Å²) in [5.41, 5.74) is 1.90. The van der Waals surface area contributed by atoms with Crippen molar-refractivity contribution in [2.24, 2.45) is 10.9 Å². The van der Waals surface area contributed by atoms with Crippen LogP contribution in [-0.2, 0) is 9.47 Å². The second kappa shape index (κ2) is 12.4. The van der Waals surface area contributed by atoms with Gasteiger partial charge in [0.05, 0.1) is 24.4 Å². The highest BCUT2D eigenvalue weighted by Crippen LogP contribution is 2.33. The molecule has 3 rings (SSSR count). The molecule has 170 valence electrons. The molecule has 2 aromatic rings. The van der Waals surface area contributed by atoms with Gasteiger partial charge in [-0.1, -0.05) is 30.3 Å². The smallest absolute Gasteiger partial charge is 0.350 e. The van der Waals surface area contributed by atoms with Crippen LogP contribution in [0.2, 0.25) is 0 Å². The van der Waals surface area contributed by atoms with E-state index < -0.39 is 0 Å². The van der Waals surface area contributed by atoms with Crippen molar-refractivity contribution in [1.29, 1.82) is 0 Å². The molecule has 1 aliphatic heterocycles. The van der Waals surface area contributed by atoms with Gasteiger partial charge in [0, 0.05) is 26.1 Å². The Bertz CT molecular complexity index is 875. The number of aliphatic imine (C=N–C) groups is 1. The molecule has 1 aromatic carbocycles. The second-order valence-corrected chi connectivity index (χ2v) is 8.29. The standard InChI is InChI=1S/C22H30N4O3S.HI/c1-5-28-21(27)19-14(2)25-20(30-19)15(3)26-22(23-4)24-13-17-11-12-29-18(17)16-9-7-6-8-10-16;/h6-10,15,17-18H,5,11-13H2,1-4H3,(H2,23,24,26);1H. The maximum Gasteiger partial charge on any atom is 0.350 e. The lowest BCUT2D eigenvalue weighted by atomic mass is 9.95. The maximum absolute atomic E-state index is 12.1. The fourth-order valence-electron chi connectivity index (χ4n) is 3.53. The third kappa shape index (κ3) is 6.63. The minimum absolute atomic E-state index is 0. The Kier molecular flexibility index (Phi) is 10.2. The predicted octanol–water partition coefficient (Wildman–Crippen LogP) is 4.25. The Morgan fingerprint density at radius 3 is 2.81 bits per heavy atom. The van der Waals surface area contributed by atoms with Crippen LogP contribution in [0.5, 0.6) is 0 Å². The number of hydrogen-bond acceptors (Lipinski definition) is 6. The first-order chi connectivity index (χ1) is 14.5. The van der Waals surface area contributed by atoms with Gasteiger partial charge in [0.1, 0.15) is 9.88 Å². The van der Waals surface area contributed by atoms with Gasteiger partial charge in [-0.3, -0.25) is 4.99 Å². The van der Waals surface area contributed by atoms with E-state index in [1.165, 1.54) is 16.9 Å². The van der Waals surface area contributed by atoms with Gasteiger partial charge in [-0.25, -0.2) is 9.78 Å². The van der Waals surface area contributed by atoms with Crippen LogP contribution in [-0.4, -0.2) is 43.7 Å². The number of aromatic nitrogens is 1. The van der Waals surface area contributed by atoms with Crippen molar-refractivity contribution in [3.05, 3.63) is 51.5 Å². The lowest BCUT2D eigenvalue weighted by Crippen LogP contribution is -2.41. The summed E-state index contributed by atoms with van der Waals surface area (Å²) in [5.74, 6) is 0.757. The minimum Gasteiger partial charge on any atom is -0.462 e. The molecule has 1 aromatic heterocycles. The largest absolute Gasteiger partial charge is 0.462 e. The zero-order chi connectivity index (χ0) is 21.5. The fourth-order valence-corrected chi connectivity index (χ4v) is 4.49. The van der Waals surface area contributed by atoms with Crippen LogP contribution in [0, 0.1) is 12.8 Å². The van der Waals surface area contributed by atoms with Crippen LogP contribution < -0.4 is 10.6 Å². The van der Waals surface area contributed by atoms with Crippen molar-refractivity contribution in [1.82, 2.24) is 15.6 Å². The SMILES string of the molecule is CCOC(=O)c1sc(C(C)NC(=NC)NCC2CCOC2c2ccccc2)nc1C.I. The summed E-state index contributed by atoms with van der Waals surface area (Å²) in [6.07, 6.45) is 1.11. The van der Waals surface area contributed by atoms with Gasteiger partial charge in [0.15, 0.2) is 5.96 Å². The Balaban J connectivity index is 0.00000341. The van der Waals surface area contributed by atoms with Gasteiger partial charge in [0.2, 0.25) is 0 Å². The molecule has 0 amide bonds. The number of hydrogen-bond donors (Lipinski definition) is 2. The molecule has 0 spiro atoms. The summed E-state index contributed by atoms with van der Waals surface area (Å²) < 4.78 is 11.1. The van der Waals surface area contributed by atoms with E-state index >= 15 is 0 Å². The first kappa shape index (κ1) is 25.5. The predicted molar refractivity (Wildman–Crippen MR) is 134 cm³/mol. The number of carbonyl (C=O) groups excluding carboxylic acids is 1. The van der Waals surface area contributed by atoms with Gasteiger partial charge in [-0.05, 0) is 32.8 Å². The summed E-state index contributed by atoms with van der Waals surface area (Å²) in [7, 11) is 1.75. The lowest BCUT2D eigenvalue weighted by Gasteiger charge is -2.22. The van der Waals surface area contributed by atoms with Crippen LogP contribution >= 0.6 is 35.3 Å². The molecule has 2 N–H and O–H groups in total. The number of guanidine groups is 1. The molecule has 31 heavy (non-hydrogen) atoms. The Morgan fingerprint density at radius 1 is 1.39 bits per heavy atom. The first-order valence-corrected chi connectivity index (χ1v) is 11.1. The molecule has 0 radical (unpaired) electrons. The molecule has 1 aliphatic rings. The zero-order valence-corrected chi connectivity index (χ0v) is 21.5. The van der Waals surface area contributed by atoms with Crippen LogP contribution in [0.25, 0.3) is 0 Å². The molecule has 0 bridgehead atoms. The molecule has 3 unspecified atom stereocenters. The molecule has 0 aliphatic carbocycles. The number of thiazole rings is 1. The quantitative estimate of drug-likeness (QED) is 0.229. The summed E-state index contributed by atoms with van der Waals surface area (Å²) in [6.45, 7) is 7.51. The van der Waals surface area contributed by atoms with Crippen LogP contribution in [0.15, 0.2) is 35.3 Å². The number of ether oxygens (including phenoxy) is 2. The Morgan fingerprint density at radius 2 is 2.13 bits per heavy atom. The monoisotopic (exact) mass is 558 g/mol. The normalized spacial score (nSPS) is 19.4. The third-order valence-electron chi connectivity index (χ3n) is 5.10. The number of nitrogens with one attached hydrogen (secondary N) is 2. The van der Waals surface area contributed by atoms with Gasteiger partial charge in [-0.2, -0.15) is 0 Å². The summed E-state index contributed by atoms with van der Waals surface area (Å²) in [4.78, 5) is 21.5. The lowest BCUT2D eigenvalue weighted by molar-refractivity contribution is 0.0531. The van der Waals surface area contributed by atoms with E-state index in [-0.39, 0.29) is 42.1 Å². The molecule has 2 heterocycles. The van der Waals surface area contributed by atoms with E-state index in [1.807, 2.05) is 32.0 Å². The number of carbonyl (C=O) groups is 1. The minimum atomic E-state index is -0.318. The third-order valence-corrected chi connectivity index (χ3v) is 6.42. The number of esters is 1. The van der Waals surface area contributed by atoms with Crippen molar-refractivity contribution in [3.8, 4) is 0 Å². The second-order valence-electron chi connectivity index (χ2n) is 7.26. The molecule has 0 saturated carbocycles. The number of halogens is 1. The van der Waals surface area contributed by atoms with Crippen LogP contribution in [0.4, 0.5) is 0 Å². The van der Waals surface area contributed by atoms with Crippen LogP contribution in [0.3, 0.4) is 0 Å². The van der Waals surface area contributed by atoms with E-state index in [1.54, 1.807) is 14.0 Å². The Labute approximate surface area is 205 Å². The van der Waals surface area contributed by atoms with Crippen LogP contribution in [0.1, 0.15) is 58.4 Å². The molecule has 1 fully saturated rings. The highest BCUT2D eigenvalue weighted by molar-refractivity contribution is 14.0. The summed E-state index contributed by atoms with van der Waals surface area (Å²) in [5, 5.41) is 7.61. The molecule has 3 atom stereocenters. The van der Waals surface area contributed by atoms with E-state index in [0.717, 1.165) is 24.6 Å². The molecule has 1 saturated heterocycles. The molecular formula is C22H31IN4O3S. The van der Waals surface area contributed by atoms with E-state index in [2.05, 4.69) is 32.7 Å². The Hall–Kier alpha value is -1.72. The highest BCUT2D eigenvalue weighted by atomic mass is 127. The van der Waals surface area contributed by atoms with E-state index in [0.29, 0.717) is 29.1 Å². The number of rotatable bonds is 7. The summed E-state index contributed by atoms with van der Waals surface area (Å²) >= 11 is 1.36. The van der Waals surface area contributed by atoms with Crippen molar-refractivity contribution in [3.63, 3.8) is 0 Å². The van der Waals surface area contributed by atoms with Gasteiger partial charge in [-0.15, -0.1) is 35.3 Å². The average molecular weight is 558 g/mol. The van der Waals surface area contributed by atoms with E-state index in [4.69, 9.17) is 9.47 Å². The maximum atomic E-state index is 12.1. The summed E-state index contributed by atoms with van der Waals surface area (Å²) in [6, 6.07) is 10.3. The van der Waals surface area contributed by atoms with Gasteiger partial charge < -0.3 is 20.1 Å². The van der Waals surface area contributed by atoms with Gasteiger partial charge >= 0.3 is 5.97 Å². The highest BCUT2D eigenvalue weighted by Gasteiger charge is 2.29. The van der Waals surface area contributed by atoms with Crippen molar-refractivity contribution >= 4 is 47.2 Å². The average Bonchev–Trinajstić information content (AvgIpc) is 3.38. The van der Waals surface area contributed by atoms with E-state index in [9.17, 15) is 4.79 Å². The van der Waals surface area contributed by atoms with Crippen molar-refractivity contribution < 1.29 is 14.3 Å². The number of nitrogens with zero attached hydrogens (tertiary/aromatic N) is 2. The zero-order valence-electron chi connectivity index (χ0n) is 18.4. The number of aryl methyl sites for hydroxylation is 1. The van der Waals surface area contributed by atoms with Crippen molar-refractivity contribution in [2.75, 3.05) is 26.8 Å². The fraction of sp³-hybridized carbons (Fsp3) is 0.500. The topological polar surface area (TPSA) is 84.8 Å².